The van der Waals surface area contributed by atoms with Crippen LogP contribution in [0, 0.1) is 0 Å². The molecule has 0 atom stereocenters. The molecule has 40 heavy (non-hydrogen) atoms. The van der Waals surface area contributed by atoms with Crippen LogP contribution >= 0.6 is 0 Å². The molecule has 5 rings (SSSR count). The van der Waals surface area contributed by atoms with Gasteiger partial charge in [0.25, 0.3) is 0 Å². The minimum absolute atomic E-state index is 0.0594. The van der Waals surface area contributed by atoms with E-state index in [-0.39, 0.29) is 5.78 Å². The number of carbonyl (C=O) groups is 1. The van der Waals surface area contributed by atoms with E-state index >= 15 is 0 Å². The molecular formula is C33H37N3O4. The lowest BCUT2D eigenvalue weighted by atomic mass is 10.0. The highest BCUT2D eigenvalue weighted by Crippen LogP contribution is 2.38. The van der Waals surface area contributed by atoms with Crippen LogP contribution < -0.4 is 14.8 Å². The van der Waals surface area contributed by atoms with Crippen LogP contribution in [0.2, 0.25) is 0 Å². The Labute approximate surface area is 236 Å². The van der Waals surface area contributed by atoms with Gasteiger partial charge in [0, 0.05) is 73.4 Å². The van der Waals surface area contributed by atoms with Crippen molar-refractivity contribution in [3.8, 4) is 22.8 Å². The molecule has 0 saturated carbocycles. The molecule has 1 fully saturated rings. The van der Waals surface area contributed by atoms with E-state index in [9.17, 15) is 4.79 Å². The Kier molecular flexibility index (Phi) is 8.96. The van der Waals surface area contributed by atoms with Crippen LogP contribution in [-0.4, -0.2) is 68.9 Å². The van der Waals surface area contributed by atoms with Gasteiger partial charge in [0.05, 0.1) is 33.1 Å². The number of nitrogens with zero attached hydrogens (tertiary/aromatic N) is 2. The van der Waals surface area contributed by atoms with Gasteiger partial charge >= 0.3 is 0 Å². The van der Waals surface area contributed by atoms with Crippen LogP contribution in [0.1, 0.15) is 21.5 Å². The number of carbonyl (C=O) groups excluding carboxylic acids is 1. The van der Waals surface area contributed by atoms with Gasteiger partial charge in [0.1, 0.15) is 11.5 Å². The molecule has 0 amide bonds. The monoisotopic (exact) mass is 539 g/mol. The van der Waals surface area contributed by atoms with Crippen molar-refractivity contribution in [1.82, 2.24) is 14.8 Å². The summed E-state index contributed by atoms with van der Waals surface area (Å²) < 4.78 is 18.9. The fraction of sp³-hybridized carbons (Fsp3) is 0.303. The predicted octanol–water partition coefficient (Wildman–Crippen LogP) is 5.18. The summed E-state index contributed by atoms with van der Waals surface area (Å²) in [4.78, 5) is 15.4. The average molecular weight is 540 g/mol. The minimum Gasteiger partial charge on any atom is -0.496 e. The SMILES string of the molecule is COc1cc(OC)c(-c2cc3ccccc3n2C)cc1/C=C/C(=O)c1ccc(CNCCN2CCOCC2)cc1. The summed E-state index contributed by atoms with van der Waals surface area (Å²) in [6.45, 7) is 6.35. The number of ketones is 1. The highest BCUT2D eigenvalue weighted by Gasteiger charge is 2.16. The smallest absolute Gasteiger partial charge is 0.185 e. The summed E-state index contributed by atoms with van der Waals surface area (Å²) in [5.74, 6) is 1.29. The second kappa shape index (κ2) is 13.0. The quantitative estimate of drug-likeness (QED) is 0.161. The molecule has 1 aliphatic heterocycles. The van der Waals surface area contributed by atoms with Crippen molar-refractivity contribution >= 4 is 22.8 Å². The number of morpholine rings is 1. The first-order chi connectivity index (χ1) is 19.6. The molecule has 1 aromatic heterocycles. The van der Waals surface area contributed by atoms with Crippen LogP contribution in [0.5, 0.6) is 11.5 Å². The maximum Gasteiger partial charge on any atom is 0.185 e. The summed E-state index contributed by atoms with van der Waals surface area (Å²) in [5.41, 5.74) is 5.69. The Bertz CT molecular complexity index is 1480. The van der Waals surface area contributed by atoms with Gasteiger partial charge in [-0.05, 0) is 35.9 Å². The zero-order valence-corrected chi connectivity index (χ0v) is 23.5. The maximum atomic E-state index is 13.0. The summed E-state index contributed by atoms with van der Waals surface area (Å²) in [5, 5.41) is 4.64. The normalized spacial score (nSPS) is 14.2. The zero-order valence-electron chi connectivity index (χ0n) is 23.5. The van der Waals surface area contributed by atoms with Gasteiger partial charge < -0.3 is 24.1 Å². The standard InChI is InChI=1S/C33H37N3O4/c1-35-29-7-5-4-6-26(29)21-30(35)28-20-27(32(38-2)22-33(28)39-3)12-13-31(37)25-10-8-24(9-11-25)23-34-14-15-36-16-18-40-19-17-36/h4-13,20-22,34H,14-19,23H2,1-3H3/b13-12+. The van der Waals surface area contributed by atoms with Gasteiger partial charge in [-0.25, -0.2) is 0 Å². The fourth-order valence-electron chi connectivity index (χ4n) is 5.14. The second-order valence-electron chi connectivity index (χ2n) is 9.97. The highest BCUT2D eigenvalue weighted by atomic mass is 16.5. The molecule has 0 bridgehead atoms. The number of ether oxygens (including phenoxy) is 3. The molecule has 1 saturated heterocycles. The van der Waals surface area contributed by atoms with E-state index in [1.54, 1.807) is 20.3 Å². The van der Waals surface area contributed by atoms with Crippen molar-refractivity contribution in [3.05, 3.63) is 89.5 Å². The first kappa shape index (κ1) is 27.6. The molecule has 2 heterocycles. The van der Waals surface area contributed by atoms with Gasteiger partial charge in [-0.1, -0.05) is 42.5 Å². The topological polar surface area (TPSA) is 65.0 Å². The maximum absolute atomic E-state index is 13.0. The number of aromatic nitrogens is 1. The molecule has 7 heteroatoms. The number of hydrogen-bond donors (Lipinski definition) is 1. The Morgan fingerprint density at radius 2 is 1.73 bits per heavy atom. The highest BCUT2D eigenvalue weighted by molar-refractivity contribution is 6.07. The van der Waals surface area contributed by atoms with Gasteiger partial charge in [-0.15, -0.1) is 0 Å². The number of nitrogens with one attached hydrogen (secondary N) is 1. The van der Waals surface area contributed by atoms with Crippen molar-refractivity contribution in [2.24, 2.45) is 7.05 Å². The van der Waals surface area contributed by atoms with E-state index in [4.69, 9.17) is 14.2 Å². The lowest BCUT2D eigenvalue weighted by molar-refractivity contribution is 0.0384. The van der Waals surface area contributed by atoms with E-state index in [1.807, 2.05) is 61.7 Å². The van der Waals surface area contributed by atoms with Gasteiger partial charge in [-0.2, -0.15) is 0 Å². The lowest BCUT2D eigenvalue weighted by Gasteiger charge is -2.26. The van der Waals surface area contributed by atoms with E-state index < -0.39 is 0 Å². The first-order valence-electron chi connectivity index (χ1n) is 13.7. The third kappa shape index (κ3) is 6.28. The Hall–Kier alpha value is -3.91. The third-order valence-electron chi connectivity index (χ3n) is 7.47. The molecule has 7 nitrogen and oxygen atoms in total. The Morgan fingerprint density at radius 3 is 2.45 bits per heavy atom. The second-order valence-corrected chi connectivity index (χ2v) is 9.97. The third-order valence-corrected chi connectivity index (χ3v) is 7.47. The van der Waals surface area contributed by atoms with Crippen LogP contribution in [0.25, 0.3) is 28.2 Å². The number of hydrogen-bond acceptors (Lipinski definition) is 6. The minimum atomic E-state index is -0.0594. The van der Waals surface area contributed by atoms with Gasteiger partial charge in [0.15, 0.2) is 5.78 Å². The molecule has 1 aliphatic rings. The Morgan fingerprint density at radius 1 is 0.975 bits per heavy atom. The number of methoxy groups -OCH3 is 2. The van der Waals surface area contributed by atoms with Crippen molar-refractivity contribution < 1.29 is 19.0 Å². The van der Waals surface area contributed by atoms with Crippen LogP contribution in [0.15, 0.2) is 72.8 Å². The average Bonchev–Trinajstić information content (AvgIpc) is 3.34. The van der Waals surface area contributed by atoms with Gasteiger partial charge in [0.2, 0.25) is 0 Å². The lowest BCUT2D eigenvalue weighted by Crippen LogP contribution is -2.40. The van der Waals surface area contributed by atoms with Crippen molar-refractivity contribution in [1.29, 1.82) is 0 Å². The van der Waals surface area contributed by atoms with Crippen molar-refractivity contribution in [3.63, 3.8) is 0 Å². The number of rotatable bonds is 11. The van der Waals surface area contributed by atoms with E-state index in [0.29, 0.717) is 17.1 Å². The number of benzene rings is 3. The first-order valence-corrected chi connectivity index (χ1v) is 13.7. The molecular weight excluding hydrogens is 502 g/mol. The van der Waals surface area contributed by atoms with Crippen LogP contribution in [0.3, 0.4) is 0 Å². The molecule has 0 radical (unpaired) electrons. The summed E-state index contributed by atoms with van der Waals surface area (Å²) in [7, 11) is 5.32. The van der Waals surface area contributed by atoms with E-state index in [2.05, 4.69) is 33.0 Å². The Balaban J connectivity index is 1.28. The molecule has 3 aromatic carbocycles. The predicted molar refractivity (Wildman–Crippen MR) is 160 cm³/mol. The molecule has 0 unspecified atom stereocenters. The van der Waals surface area contributed by atoms with Crippen molar-refractivity contribution in [2.45, 2.75) is 6.54 Å². The van der Waals surface area contributed by atoms with E-state index in [1.165, 1.54) is 0 Å². The number of para-hydroxylation sites is 1. The summed E-state index contributed by atoms with van der Waals surface area (Å²) in [6, 6.07) is 22.1. The summed E-state index contributed by atoms with van der Waals surface area (Å²) >= 11 is 0. The number of fused-ring (bicyclic) bond motifs is 1. The molecule has 0 aliphatic carbocycles. The zero-order chi connectivity index (χ0) is 27.9. The fourth-order valence-corrected chi connectivity index (χ4v) is 5.14. The molecule has 208 valence electrons. The molecule has 4 aromatic rings. The van der Waals surface area contributed by atoms with Crippen molar-refractivity contribution in [2.75, 3.05) is 53.6 Å². The molecule has 0 spiro atoms. The van der Waals surface area contributed by atoms with Crippen LogP contribution in [-0.2, 0) is 18.3 Å². The number of aryl methyl sites for hydroxylation is 1. The number of allylic oxidation sites excluding steroid dienone is 1. The van der Waals surface area contributed by atoms with Gasteiger partial charge in [-0.3, -0.25) is 9.69 Å². The summed E-state index contributed by atoms with van der Waals surface area (Å²) in [6.07, 6.45) is 3.42. The largest absolute Gasteiger partial charge is 0.496 e. The van der Waals surface area contributed by atoms with E-state index in [0.717, 1.165) is 79.2 Å². The van der Waals surface area contributed by atoms with Crippen LogP contribution in [0.4, 0.5) is 0 Å². The molecule has 1 N–H and O–H groups in total.